The van der Waals surface area contributed by atoms with E-state index in [9.17, 15) is 26.4 Å². The van der Waals surface area contributed by atoms with Gasteiger partial charge in [-0.1, -0.05) is 29.6 Å². The normalized spacial score (nSPS) is 19.5. The highest BCUT2D eigenvalue weighted by atomic mass is 32.2. The number of aryl methyl sites for hydroxylation is 1. The summed E-state index contributed by atoms with van der Waals surface area (Å²) in [6.07, 6.45) is 0.920. The maximum absolute atomic E-state index is 13.3. The first kappa shape index (κ1) is 30.2. The third kappa shape index (κ3) is 6.76. The molecule has 14 heteroatoms. The van der Waals surface area contributed by atoms with E-state index in [1.54, 1.807) is 6.07 Å². The van der Waals surface area contributed by atoms with Gasteiger partial charge in [-0.2, -0.15) is 21.6 Å². The number of carbonyl (C=O) groups excluding carboxylic acids is 1. The Morgan fingerprint density at radius 2 is 1.90 bits per heavy atom. The summed E-state index contributed by atoms with van der Waals surface area (Å²) in [5.41, 5.74) is 0.480. The van der Waals surface area contributed by atoms with E-state index in [1.165, 1.54) is 30.5 Å². The molecule has 4 rings (SSSR count). The monoisotopic (exact) mass is 593 g/mol. The fourth-order valence-electron chi connectivity index (χ4n) is 4.95. The Morgan fingerprint density at radius 3 is 2.54 bits per heavy atom. The molecule has 1 fully saturated rings. The second kappa shape index (κ2) is 12.4. The molecule has 1 aliphatic rings. The van der Waals surface area contributed by atoms with E-state index in [1.807, 2.05) is 25.9 Å². The predicted molar refractivity (Wildman–Crippen MR) is 142 cm³/mol. The molecule has 0 spiro atoms. The van der Waals surface area contributed by atoms with Crippen molar-refractivity contribution in [3.8, 4) is 5.88 Å². The molecule has 0 N–H and O–H groups in total. The van der Waals surface area contributed by atoms with Crippen molar-refractivity contribution in [2.75, 3.05) is 18.6 Å². The zero-order valence-corrected chi connectivity index (χ0v) is 23.5. The molecule has 0 saturated heterocycles. The average Bonchev–Trinajstić information content (AvgIpc) is 2.96. The van der Waals surface area contributed by atoms with E-state index in [0.29, 0.717) is 41.3 Å². The molecule has 0 amide bonds. The van der Waals surface area contributed by atoms with Crippen LogP contribution in [0, 0.1) is 0 Å². The zero-order valence-electron chi connectivity index (χ0n) is 22.7. The number of benzene rings is 1. The number of aromatic nitrogens is 3. The fraction of sp³-hybridized carbons (Fsp3) is 0.407. The Bertz CT molecular complexity index is 1460. The van der Waals surface area contributed by atoms with Gasteiger partial charge in [-0.15, -0.1) is 0 Å². The van der Waals surface area contributed by atoms with Gasteiger partial charge in [0.05, 0.1) is 11.8 Å². The number of hydrogen-bond acceptors (Lipinski definition) is 9. The lowest BCUT2D eigenvalue weighted by Crippen LogP contribution is -2.46. The van der Waals surface area contributed by atoms with Crippen molar-refractivity contribution in [3.05, 3.63) is 71.8 Å². The quantitative estimate of drug-likeness (QED) is 0.250. The molecule has 2 aromatic heterocycles. The molecule has 1 aromatic carbocycles. The summed E-state index contributed by atoms with van der Waals surface area (Å²) in [6, 6.07) is 7.98. The van der Waals surface area contributed by atoms with E-state index < -0.39 is 21.8 Å². The third-order valence-corrected chi connectivity index (χ3v) is 8.58. The summed E-state index contributed by atoms with van der Waals surface area (Å²) in [5.74, 6) is 0.00353. The van der Waals surface area contributed by atoms with Crippen molar-refractivity contribution in [3.63, 3.8) is 0 Å². The molecular formula is C27H30F3N5O5S. The molecule has 0 bridgehead atoms. The molecule has 3 aromatic rings. The van der Waals surface area contributed by atoms with Crippen molar-refractivity contribution < 1.29 is 36.0 Å². The Labute approximate surface area is 236 Å². The van der Waals surface area contributed by atoms with Crippen LogP contribution in [0.4, 0.5) is 19.0 Å². The third-order valence-electron chi connectivity index (χ3n) is 7.06. The molecule has 41 heavy (non-hydrogen) atoms. The molecule has 0 unspecified atom stereocenters. The van der Waals surface area contributed by atoms with Crippen LogP contribution in [0.2, 0.25) is 0 Å². The highest BCUT2D eigenvalue weighted by Gasteiger charge is 2.37. The van der Waals surface area contributed by atoms with Gasteiger partial charge >= 0.3 is 12.6 Å². The first-order chi connectivity index (χ1) is 19.5. The largest absolute Gasteiger partial charge is 0.472 e. The number of sulfonamides is 1. The van der Waals surface area contributed by atoms with Gasteiger partial charge in [0.1, 0.15) is 17.3 Å². The maximum Gasteiger partial charge on any atom is 0.416 e. The molecule has 10 nitrogen and oxygen atoms in total. The molecule has 0 radical (unpaired) electrons. The van der Waals surface area contributed by atoms with E-state index in [4.69, 9.17) is 9.57 Å². The number of likely N-dealkylation sites (N-methyl/N-ethyl adjacent to an activating group) is 1. The highest BCUT2D eigenvalue weighted by molar-refractivity contribution is 7.92. The van der Waals surface area contributed by atoms with E-state index >= 15 is 0 Å². The van der Waals surface area contributed by atoms with E-state index in [-0.39, 0.29) is 41.1 Å². The zero-order chi connectivity index (χ0) is 29.8. The number of nitrogens with zero attached hydrogens (tertiary/aromatic N) is 5. The number of rotatable bonds is 10. The SMILES string of the molecule is CCc1cc(S(=O)(=O)N(OC=O)c2ccncn2)cnc1O[C@H]1CC[C@H](c2cccc(C(F)(F)F)c2)C[C@@H]1N(C)C. The lowest BCUT2D eigenvalue weighted by atomic mass is 9.79. The smallest absolute Gasteiger partial charge is 0.416 e. The van der Waals surface area contributed by atoms with Crippen LogP contribution in [0.5, 0.6) is 5.88 Å². The number of carbonyl (C=O) groups is 1. The molecule has 1 saturated carbocycles. The minimum atomic E-state index is -4.41. The van der Waals surface area contributed by atoms with Crippen molar-refractivity contribution >= 4 is 22.3 Å². The van der Waals surface area contributed by atoms with E-state index in [0.717, 1.165) is 18.6 Å². The number of anilines is 1. The van der Waals surface area contributed by atoms with Crippen LogP contribution in [0.1, 0.15) is 48.8 Å². The van der Waals surface area contributed by atoms with Gasteiger partial charge < -0.3 is 14.5 Å². The van der Waals surface area contributed by atoms with Crippen molar-refractivity contribution in [1.82, 2.24) is 19.9 Å². The average molecular weight is 594 g/mol. The Morgan fingerprint density at radius 1 is 1.12 bits per heavy atom. The lowest BCUT2D eigenvalue weighted by Gasteiger charge is -2.40. The number of ether oxygens (including phenoxy) is 1. The van der Waals surface area contributed by atoms with E-state index in [2.05, 4.69) is 15.0 Å². The summed E-state index contributed by atoms with van der Waals surface area (Å²) >= 11 is 0. The fourth-order valence-corrected chi connectivity index (χ4v) is 6.12. The van der Waals surface area contributed by atoms with Gasteiger partial charge in [0.25, 0.3) is 10.0 Å². The van der Waals surface area contributed by atoms with Crippen molar-refractivity contribution in [2.45, 2.75) is 61.7 Å². The van der Waals surface area contributed by atoms with Crippen LogP contribution in [-0.2, 0) is 32.3 Å². The van der Waals surface area contributed by atoms with Gasteiger partial charge in [0.15, 0.2) is 5.82 Å². The maximum atomic E-state index is 13.3. The summed E-state index contributed by atoms with van der Waals surface area (Å²) in [4.78, 5) is 29.4. The van der Waals surface area contributed by atoms with Crippen LogP contribution < -0.4 is 9.21 Å². The first-order valence-electron chi connectivity index (χ1n) is 12.9. The van der Waals surface area contributed by atoms with Crippen molar-refractivity contribution in [2.24, 2.45) is 0 Å². The predicted octanol–water partition coefficient (Wildman–Crippen LogP) is 4.38. The number of alkyl halides is 3. The Balaban J connectivity index is 1.56. The van der Waals surface area contributed by atoms with Crippen LogP contribution in [0.25, 0.3) is 0 Å². The molecule has 220 valence electrons. The molecule has 3 atom stereocenters. The van der Waals surface area contributed by atoms with Crippen LogP contribution >= 0.6 is 0 Å². The minimum absolute atomic E-state index is 0.0254. The molecule has 0 aliphatic heterocycles. The first-order valence-corrected chi connectivity index (χ1v) is 14.3. The van der Waals surface area contributed by atoms with Gasteiger partial charge in [-0.05, 0) is 63.4 Å². The second-order valence-corrected chi connectivity index (χ2v) is 11.6. The second-order valence-electron chi connectivity index (χ2n) is 9.81. The summed E-state index contributed by atoms with van der Waals surface area (Å²) in [6.45, 7) is 1.79. The van der Waals surface area contributed by atoms with Crippen LogP contribution in [0.15, 0.2) is 60.0 Å². The van der Waals surface area contributed by atoms with Crippen molar-refractivity contribution in [1.29, 1.82) is 0 Å². The van der Waals surface area contributed by atoms with Gasteiger partial charge in [0, 0.05) is 23.9 Å². The molecule has 2 heterocycles. The number of pyridine rings is 1. The van der Waals surface area contributed by atoms with Gasteiger partial charge in [-0.3, -0.25) is 4.79 Å². The number of hydrogen-bond donors (Lipinski definition) is 0. The Hall–Kier alpha value is -3.78. The molecular weight excluding hydrogens is 563 g/mol. The summed E-state index contributed by atoms with van der Waals surface area (Å²) < 4.78 is 73.2. The van der Waals surface area contributed by atoms with Crippen LogP contribution in [-0.4, -0.2) is 61.0 Å². The van der Waals surface area contributed by atoms with Gasteiger partial charge in [0.2, 0.25) is 5.88 Å². The highest BCUT2D eigenvalue weighted by Crippen LogP contribution is 2.39. The summed E-state index contributed by atoms with van der Waals surface area (Å²) in [7, 11) is -0.626. The van der Waals surface area contributed by atoms with Crippen LogP contribution in [0.3, 0.4) is 0 Å². The summed E-state index contributed by atoms with van der Waals surface area (Å²) in [5, 5.41) is 0. The number of halogens is 3. The molecule has 1 aliphatic carbocycles. The lowest BCUT2D eigenvalue weighted by molar-refractivity contribution is -0.137. The topological polar surface area (TPSA) is 115 Å². The minimum Gasteiger partial charge on any atom is -0.472 e. The standard InChI is InChI=1S/C27H30F3N5O5S/c1-4-18-13-22(41(37,38)35(39-17-36)25-10-11-31-16-33-25)15-32-26(18)40-24-9-8-20(14-23(24)34(2)3)19-6-5-7-21(12-19)27(28,29)30/h5-7,10-13,15-17,20,23-24H,4,8-9,14H2,1-3H3/t20-,23-,24-/m0/s1. The van der Waals surface area contributed by atoms with Gasteiger partial charge in [-0.25, -0.2) is 15.0 Å². The Kier molecular flexibility index (Phi) is 9.12.